The largest absolute Gasteiger partial charge is 0.443 e. The Labute approximate surface area is 268 Å². The quantitative estimate of drug-likeness (QED) is 0.309. The first-order valence-corrected chi connectivity index (χ1v) is 16.7. The van der Waals surface area contributed by atoms with Crippen molar-refractivity contribution in [2.75, 3.05) is 11.4 Å². The lowest BCUT2D eigenvalue weighted by atomic mass is 9.70. The third kappa shape index (κ3) is 3.87. The number of hydrogen-bond acceptors (Lipinski definition) is 6. The topological polar surface area (TPSA) is 109 Å². The van der Waals surface area contributed by atoms with E-state index in [2.05, 4.69) is 0 Å². The second-order valence-corrected chi connectivity index (χ2v) is 15.5. The fraction of sp³-hybridized carbons (Fsp3) is 0.343. The van der Waals surface area contributed by atoms with Crippen LogP contribution in [0.15, 0.2) is 90.0 Å². The molecule has 3 aliphatic heterocycles. The van der Waals surface area contributed by atoms with Gasteiger partial charge in [-0.1, -0.05) is 54.6 Å². The number of sulfonamides is 1. The predicted molar refractivity (Wildman–Crippen MR) is 173 cm³/mol. The molecule has 4 aromatic rings. The van der Waals surface area contributed by atoms with Crippen molar-refractivity contribution in [1.29, 1.82) is 0 Å². The van der Waals surface area contributed by atoms with Gasteiger partial charge in [0.15, 0.2) is 0 Å². The Hall–Kier alpha value is -4.64. The van der Waals surface area contributed by atoms with Gasteiger partial charge < -0.3 is 14.5 Å². The number of likely N-dealkylation sites (N-methyl/N-ethyl adjacent to an activating group) is 1. The van der Waals surface area contributed by atoms with Gasteiger partial charge in [-0.3, -0.25) is 14.2 Å². The summed E-state index contributed by atoms with van der Waals surface area (Å²) in [4.78, 5) is 45.3. The summed E-state index contributed by atoms with van der Waals surface area (Å²) in [7, 11) is -2.67. The molecule has 0 aliphatic carbocycles. The number of anilines is 1. The predicted octanol–water partition coefficient (Wildman–Crippen LogP) is 5.10. The van der Waals surface area contributed by atoms with Gasteiger partial charge in [0, 0.05) is 18.6 Å². The monoisotopic (exact) mass is 640 g/mol. The third-order valence-corrected chi connectivity index (χ3v) is 11.5. The minimum atomic E-state index is -4.27. The average molecular weight is 641 g/mol. The second kappa shape index (κ2) is 9.68. The van der Waals surface area contributed by atoms with E-state index in [1.54, 1.807) is 78.2 Å². The van der Waals surface area contributed by atoms with Crippen molar-refractivity contribution in [2.45, 2.75) is 74.7 Å². The Balaban J connectivity index is 1.59. The molecule has 2 amide bonds. The molecule has 0 N–H and O–H groups in total. The Morgan fingerprint density at radius 1 is 0.913 bits per heavy atom. The number of nitrogens with zero attached hydrogens (tertiary/aromatic N) is 4. The van der Waals surface area contributed by atoms with Crippen LogP contribution in [0, 0.1) is 0 Å². The van der Waals surface area contributed by atoms with Gasteiger partial charge in [-0.25, -0.2) is 17.5 Å². The summed E-state index contributed by atoms with van der Waals surface area (Å²) in [5.74, 6) is -0.632. The summed E-state index contributed by atoms with van der Waals surface area (Å²) in [6, 6.07) is 21.9. The fourth-order valence-electron chi connectivity index (χ4n) is 7.73. The lowest BCUT2D eigenvalue weighted by molar-refractivity contribution is -0.166. The number of para-hydroxylation sites is 2. The lowest BCUT2D eigenvalue weighted by Crippen LogP contribution is -2.70. The molecule has 3 aliphatic rings. The van der Waals surface area contributed by atoms with E-state index in [0.29, 0.717) is 27.7 Å². The van der Waals surface area contributed by atoms with Crippen LogP contribution in [0.4, 0.5) is 10.5 Å². The maximum atomic E-state index is 14.8. The zero-order valence-corrected chi connectivity index (χ0v) is 27.4. The number of fused-ring (bicyclic) bond motifs is 6. The fourth-order valence-corrected chi connectivity index (χ4v) is 9.42. The van der Waals surface area contributed by atoms with Gasteiger partial charge in [0.1, 0.15) is 23.3 Å². The first-order valence-electron chi connectivity index (χ1n) is 15.3. The molecule has 4 heterocycles. The second-order valence-electron chi connectivity index (χ2n) is 13.6. The zero-order chi connectivity index (χ0) is 33.0. The maximum Gasteiger partial charge on any atom is 0.419 e. The SMILES string of the molecule is C[C@H]1C(=O)N2[C@H]3N(S(=O)(=O)c4ccccc4)c4ccccc4[C@@]3(c3cn(C(=O)OC(C)(C)C)c4ccccc34)C[C@]2(C)C(=O)N1C. The van der Waals surface area contributed by atoms with Gasteiger partial charge in [0.25, 0.3) is 10.0 Å². The molecule has 0 saturated carbocycles. The van der Waals surface area contributed by atoms with Crippen LogP contribution in [-0.2, 0) is 29.8 Å². The molecule has 238 valence electrons. The van der Waals surface area contributed by atoms with Gasteiger partial charge >= 0.3 is 6.09 Å². The molecule has 46 heavy (non-hydrogen) atoms. The van der Waals surface area contributed by atoms with Crippen LogP contribution in [0.3, 0.4) is 0 Å². The van der Waals surface area contributed by atoms with E-state index in [1.165, 1.54) is 30.8 Å². The standard InChI is InChI=1S/C35H36N4O6S/c1-22-29(40)38-30-35(21-34(38,5)31(41)36(22)6,26-20-37(32(42)45-33(2,3)4)27-18-12-10-16-24(26)27)25-17-11-13-19-28(25)39(30)46(43,44)23-14-8-7-9-15-23/h7-20,22,30H,21H2,1-6H3/t22-,30-,34+,35+/m0/s1. The smallest absolute Gasteiger partial charge is 0.419 e. The van der Waals surface area contributed by atoms with Crippen molar-refractivity contribution in [2.24, 2.45) is 0 Å². The van der Waals surface area contributed by atoms with Crippen molar-refractivity contribution in [3.63, 3.8) is 0 Å². The molecule has 0 unspecified atom stereocenters. The van der Waals surface area contributed by atoms with E-state index in [9.17, 15) is 22.8 Å². The molecule has 0 spiro atoms. The summed E-state index contributed by atoms with van der Waals surface area (Å²) in [6.45, 7) is 8.74. The first-order chi connectivity index (χ1) is 21.6. The number of piperazine rings is 1. The highest BCUT2D eigenvalue weighted by Crippen LogP contribution is 2.63. The highest BCUT2D eigenvalue weighted by molar-refractivity contribution is 7.92. The van der Waals surface area contributed by atoms with Crippen LogP contribution < -0.4 is 4.31 Å². The molecule has 2 saturated heterocycles. The molecule has 1 aromatic heterocycles. The number of amides is 2. The van der Waals surface area contributed by atoms with Crippen LogP contribution in [0.25, 0.3) is 10.9 Å². The molecule has 0 radical (unpaired) electrons. The minimum absolute atomic E-state index is 0.0614. The molecule has 2 fully saturated rings. The summed E-state index contributed by atoms with van der Waals surface area (Å²) in [6.07, 6.45) is 0.0494. The molecule has 4 atom stereocenters. The van der Waals surface area contributed by atoms with E-state index < -0.39 is 44.9 Å². The van der Waals surface area contributed by atoms with Crippen LogP contribution in [0.1, 0.15) is 52.2 Å². The highest BCUT2D eigenvalue weighted by Gasteiger charge is 2.73. The van der Waals surface area contributed by atoms with Gasteiger partial charge in [0.05, 0.1) is 21.5 Å². The van der Waals surface area contributed by atoms with E-state index in [4.69, 9.17) is 4.74 Å². The first kappa shape index (κ1) is 30.0. The van der Waals surface area contributed by atoms with Crippen molar-refractivity contribution >= 4 is 44.5 Å². The Morgan fingerprint density at radius 3 is 2.24 bits per heavy atom. The molecule has 10 nitrogen and oxygen atoms in total. The minimum Gasteiger partial charge on any atom is -0.443 e. The zero-order valence-electron chi connectivity index (χ0n) is 26.6. The molecule has 0 bridgehead atoms. The maximum absolute atomic E-state index is 14.8. The van der Waals surface area contributed by atoms with Crippen LogP contribution in [0.5, 0.6) is 0 Å². The van der Waals surface area contributed by atoms with Gasteiger partial charge in [0.2, 0.25) is 11.8 Å². The number of ether oxygens (including phenoxy) is 1. The number of carbonyl (C=O) groups excluding carboxylic acids is 3. The summed E-state index contributed by atoms with van der Waals surface area (Å²) in [5, 5.41) is 0.692. The average Bonchev–Trinajstić information content (AvgIpc) is 3.63. The van der Waals surface area contributed by atoms with Gasteiger partial charge in [-0.05, 0) is 76.4 Å². The number of aromatic nitrogens is 1. The molecule has 11 heteroatoms. The highest BCUT2D eigenvalue weighted by atomic mass is 32.2. The van der Waals surface area contributed by atoms with Crippen molar-refractivity contribution in [3.05, 3.63) is 96.2 Å². The number of rotatable bonds is 3. The normalized spacial score (nSPS) is 25.9. The number of benzene rings is 3. The number of carbonyl (C=O) groups is 3. The summed E-state index contributed by atoms with van der Waals surface area (Å²) in [5.41, 5.74) is -1.14. The Morgan fingerprint density at radius 2 is 1.54 bits per heavy atom. The van der Waals surface area contributed by atoms with Crippen LogP contribution in [-0.4, -0.2) is 71.1 Å². The third-order valence-electron chi connectivity index (χ3n) is 9.72. The molecular formula is C35H36N4O6S. The lowest BCUT2D eigenvalue weighted by Gasteiger charge is -2.48. The van der Waals surface area contributed by atoms with Crippen LogP contribution >= 0.6 is 0 Å². The molecule has 7 rings (SSSR count). The van der Waals surface area contributed by atoms with Gasteiger partial charge in [-0.15, -0.1) is 0 Å². The summed E-state index contributed by atoms with van der Waals surface area (Å²) >= 11 is 0. The van der Waals surface area contributed by atoms with E-state index in [1.807, 2.05) is 36.4 Å². The molecule has 3 aromatic carbocycles. The number of hydrogen-bond donors (Lipinski definition) is 0. The summed E-state index contributed by atoms with van der Waals surface area (Å²) < 4.78 is 38.1. The van der Waals surface area contributed by atoms with E-state index >= 15 is 0 Å². The van der Waals surface area contributed by atoms with Gasteiger partial charge in [-0.2, -0.15) is 0 Å². The Kier molecular flexibility index (Phi) is 6.32. The van der Waals surface area contributed by atoms with Crippen molar-refractivity contribution in [3.8, 4) is 0 Å². The van der Waals surface area contributed by atoms with E-state index in [-0.39, 0.29) is 23.1 Å². The van der Waals surface area contributed by atoms with Crippen molar-refractivity contribution < 1.29 is 27.5 Å². The molecular weight excluding hydrogens is 604 g/mol. The van der Waals surface area contributed by atoms with Crippen molar-refractivity contribution in [1.82, 2.24) is 14.4 Å². The van der Waals surface area contributed by atoms with Crippen LogP contribution in [0.2, 0.25) is 0 Å². The Bertz CT molecular complexity index is 2050. The van der Waals surface area contributed by atoms with E-state index in [0.717, 1.165) is 0 Å².